The van der Waals surface area contributed by atoms with Gasteiger partial charge in [-0.1, -0.05) is 5.16 Å². The first-order valence-electron chi connectivity index (χ1n) is 9.52. The lowest BCUT2D eigenvalue weighted by Gasteiger charge is -2.20. The van der Waals surface area contributed by atoms with Crippen molar-refractivity contribution in [3.05, 3.63) is 54.4 Å². The number of aromatic nitrogens is 3. The Labute approximate surface area is 178 Å². The Kier molecular flexibility index (Phi) is 6.58. The van der Waals surface area contributed by atoms with Gasteiger partial charge in [-0.05, 0) is 51.1 Å². The van der Waals surface area contributed by atoms with Gasteiger partial charge in [-0.2, -0.15) is 4.98 Å². The van der Waals surface area contributed by atoms with Gasteiger partial charge in [-0.25, -0.2) is 9.18 Å². The summed E-state index contributed by atoms with van der Waals surface area (Å²) >= 11 is 0. The van der Waals surface area contributed by atoms with Crippen molar-refractivity contribution in [2.45, 2.75) is 39.2 Å². The Bertz CT molecular complexity index is 1060. The summed E-state index contributed by atoms with van der Waals surface area (Å²) in [5, 5.41) is 8.97. The molecule has 0 atom stereocenters. The predicted molar refractivity (Wildman–Crippen MR) is 111 cm³/mol. The van der Waals surface area contributed by atoms with E-state index in [1.165, 1.54) is 12.1 Å². The largest absolute Gasteiger partial charge is 0.444 e. The van der Waals surface area contributed by atoms with E-state index < -0.39 is 23.4 Å². The predicted octanol–water partition coefficient (Wildman–Crippen LogP) is 4.19. The van der Waals surface area contributed by atoms with Gasteiger partial charge in [0.15, 0.2) is 0 Å². The van der Waals surface area contributed by atoms with Crippen molar-refractivity contribution < 1.29 is 23.2 Å². The maximum Gasteiger partial charge on any atom is 0.412 e. The third kappa shape index (κ3) is 6.59. The first kappa shape index (κ1) is 21.9. The van der Waals surface area contributed by atoms with Crippen molar-refractivity contribution >= 4 is 23.4 Å². The van der Waals surface area contributed by atoms with E-state index >= 15 is 0 Å². The van der Waals surface area contributed by atoms with Crippen molar-refractivity contribution in [1.29, 1.82) is 0 Å². The molecule has 0 bridgehead atoms. The van der Waals surface area contributed by atoms with Crippen molar-refractivity contribution in [3.8, 4) is 11.4 Å². The summed E-state index contributed by atoms with van der Waals surface area (Å²) in [7, 11) is 0. The molecule has 0 aliphatic carbocycles. The van der Waals surface area contributed by atoms with Crippen LogP contribution in [0.25, 0.3) is 11.4 Å². The molecular weight excluding hydrogens is 405 g/mol. The number of nitrogens with one attached hydrogen (secondary N) is 2. The SMILES string of the molecule is CC(C)(C)OC(=O)Nc1ccc(F)cc1NC(=O)CCc1nc(-c2ccncc2)no1. The third-order valence-corrected chi connectivity index (χ3v) is 3.86. The van der Waals surface area contributed by atoms with E-state index in [1.807, 2.05) is 0 Å². The van der Waals surface area contributed by atoms with Crippen molar-refractivity contribution in [2.24, 2.45) is 0 Å². The first-order valence-corrected chi connectivity index (χ1v) is 9.52. The fourth-order valence-electron chi connectivity index (χ4n) is 2.55. The fourth-order valence-corrected chi connectivity index (χ4v) is 2.55. The smallest absolute Gasteiger partial charge is 0.412 e. The number of carbonyl (C=O) groups is 2. The highest BCUT2D eigenvalue weighted by molar-refractivity contribution is 5.97. The molecule has 2 aromatic heterocycles. The van der Waals surface area contributed by atoms with Crippen LogP contribution in [-0.4, -0.2) is 32.7 Å². The van der Waals surface area contributed by atoms with E-state index in [9.17, 15) is 14.0 Å². The lowest BCUT2D eigenvalue weighted by molar-refractivity contribution is -0.116. The number of ether oxygens (including phenoxy) is 1. The number of carbonyl (C=O) groups excluding carboxylic acids is 2. The second kappa shape index (κ2) is 9.33. The van der Waals surface area contributed by atoms with Gasteiger partial charge in [0.2, 0.25) is 17.6 Å². The zero-order valence-electron chi connectivity index (χ0n) is 17.3. The summed E-state index contributed by atoms with van der Waals surface area (Å²) in [5.74, 6) is -0.300. The third-order valence-electron chi connectivity index (χ3n) is 3.86. The van der Waals surface area contributed by atoms with Crippen LogP contribution in [0.2, 0.25) is 0 Å². The topological polar surface area (TPSA) is 119 Å². The molecule has 0 saturated heterocycles. The van der Waals surface area contributed by atoms with Crippen molar-refractivity contribution in [2.75, 3.05) is 10.6 Å². The molecule has 0 aliphatic heterocycles. The molecule has 0 saturated carbocycles. The molecule has 31 heavy (non-hydrogen) atoms. The van der Waals surface area contributed by atoms with E-state index in [2.05, 4.69) is 25.8 Å². The van der Waals surface area contributed by atoms with Crippen LogP contribution in [0.5, 0.6) is 0 Å². The van der Waals surface area contributed by atoms with E-state index in [0.717, 1.165) is 11.6 Å². The maximum atomic E-state index is 13.7. The molecule has 0 spiro atoms. The molecule has 162 valence electrons. The van der Waals surface area contributed by atoms with Crippen LogP contribution in [0.1, 0.15) is 33.1 Å². The van der Waals surface area contributed by atoms with E-state index in [-0.39, 0.29) is 30.1 Å². The van der Waals surface area contributed by atoms with Crippen LogP contribution in [-0.2, 0) is 16.0 Å². The molecule has 9 nitrogen and oxygen atoms in total. The zero-order chi connectivity index (χ0) is 22.4. The molecule has 2 heterocycles. The Morgan fingerprint density at radius 2 is 1.84 bits per heavy atom. The Morgan fingerprint density at radius 1 is 1.10 bits per heavy atom. The fraction of sp³-hybridized carbons (Fsp3) is 0.286. The van der Waals surface area contributed by atoms with Crippen LogP contribution in [0, 0.1) is 5.82 Å². The number of benzene rings is 1. The minimum absolute atomic E-state index is 0.0143. The Hall–Kier alpha value is -3.82. The number of aryl methyl sites for hydroxylation is 1. The highest BCUT2D eigenvalue weighted by Gasteiger charge is 2.18. The highest BCUT2D eigenvalue weighted by atomic mass is 19.1. The molecule has 0 aliphatic rings. The van der Waals surface area contributed by atoms with Gasteiger partial charge in [-0.3, -0.25) is 15.1 Å². The summed E-state index contributed by atoms with van der Waals surface area (Å²) in [4.78, 5) is 32.5. The van der Waals surface area contributed by atoms with Crippen LogP contribution >= 0.6 is 0 Å². The summed E-state index contributed by atoms with van der Waals surface area (Å²) in [6.45, 7) is 5.16. The van der Waals surface area contributed by atoms with Gasteiger partial charge in [0.05, 0.1) is 11.4 Å². The van der Waals surface area contributed by atoms with Crippen LogP contribution < -0.4 is 10.6 Å². The molecule has 2 amide bonds. The van der Waals surface area contributed by atoms with Gasteiger partial charge in [-0.15, -0.1) is 0 Å². The Morgan fingerprint density at radius 3 is 2.55 bits per heavy atom. The minimum atomic E-state index is -0.718. The molecule has 0 fully saturated rings. The summed E-state index contributed by atoms with van der Waals surface area (Å²) in [6.07, 6.45) is 2.71. The summed E-state index contributed by atoms with van der Waals surface area (Å²) in [6, 6.07) is 7.10. The molecule has 0 radical (unpaired) electrons. The standard InChI is InChI=1S/C21H22FN5O4/c1-21(2,3)30-20(29)25-15-5-4-14(22)12-16(15)24-17(28)6-7-18-26-19(27-31-18)13-8-10-23-11-9-13/h4-5,8-12H,6-7H2,1-3H3,(H,24,28)(H,25,29). The quantitative estimate of drug-likeness (QED) is 0.605. The summed E-state index contributed by atoms with van der Waals surface area (Å²) in [5.41, 5.74) is 0.361. The van der Waals surface area contributed by atoms with Crippen molar-refractivity contribution in [1.82, 2.24) is 15.1 Å². The highest BCUT2D eigenvalue weighted by Crippen LogP contribution is 2.24. The lowest BCUT2D eigenvalue weighted by atomic mass is 10.2. The molecule has 3 aromatic rings. The number of hydrogen-bond donors (Lipinski definition) is 2. The maximum absolute atomic E-state index is 13.7. The number of rotatable bonds is 6. The van der Waals surface area contributed by atoms with E-state index in [0.29, 0.717) is 5.82 Å². The normalized spacial score (nSPS) is 11.1. The van der Waals surface area contributed by atoms with E-state index in [1.54, 1.807) is 45.3 Å². The monoisotopic (exact) mass is 427 g/mol. The van der Waals surface area contributed by atoms with Crippen LogP contribution in [0.15, 0.2) is 47.2 Å². The molecule has 0 unspecified atom stereocenters. The first-order chi connectivity index (χ1) is 14.7. The number of pyridine rings is 1. The van der Waals surface area contributed by atoms with Gasteiger partial charge < -0.3 is 14.6 Å². The average Bonchev–Trinajstić information content (AvgIpc) is 3.17. The van der Waals surface area contributed by atoms with Crippen LogP contribution in [0.3, 0.4) is 0 Å². The second-order valence-corrected chi connectivity index (χ2v) is 7.61. The van der Waals surface area contributed by atoms with Crippen molar-refractivity contribution in [3.63, 3.8) is 0 Å². The minimum Gasteiger partial charge on any atom is -0.444 e. The molecule has 10 heteroatoms. The molecule has 1 aromatic carbocycles. The Balaban J connectivity index is 1.61. The number of hydrogen-bond acceptors (Lipinski definition) is 7. The molecule has 3 rings (SSSR count). The van der Waals surface area contributed by atoms with E-state index in [4.69, 9.17) is 9.26 Å². The van der Waals surface area contributed by atoms with Gasteiger partial charge in [0.25, 0.3) is 0 Å². The van der Waals surface area contributed by atoms with Gasteiger partial charge >= 0.3 is 6.09 Å². The molecular formula is C21H22FN5O4. The summed E-state index contributed by atoms with van der Waals surface area (Å²) < 4.78 is 24.0. The number of amides is 2. The lowest BCUT2D eigenvalue weighted by Crippen LogP contribution is -2.27. The van der Waals surface area contributed by atoms with Gasteiger partial charge in [0, 0.05) is 30.8 Å². The number of nitrogens with zero attached hydrogens (tertiary/aromatic N) is 3. The number of anilines is 2. The van der Waals surface area contributed by atoms with Crippen LogP contribution in [0.4, 0.5) is 20.6 Å². The number of halogens is 1. The zero-order valence-corrected chi connectivity index (χ0v) is 17.3. The molecule has 2 N–H and O–H groups in total. The van der Waals surface area contributed by atoms with Gasteiger partial charge in [0.1, 0.15) is 11.4 Å². The second-order valence-electron chi connectivity index (χ2n) is 7.61. The average molecular weight is 427 g/mol.